The van der Waals surface area contributed by atoms with Crippen molar-refractivity contribution in [3.8, 4) is 0 Å². The van der Waals surface area contributed by atoms with Crippen molar-refractivity contribution in [3.63, 3.8) is 0 Å². The summed E-state index contributed by atoms with van der Waals surface area (Å²) >= 11 is 0. The second-order valence-electron chi connectivity index (χ2n) is 5.59. The maximum absolute atomic E-state index is 4.99. The van der Waals surface area contributed by atoms with Crippen LogP contribution in [-0.4, -0.2) is 16.7 Å². The van der Waals surface area contributed by atoms with Gasteiger partial charge in [-0.25, -0.2) is 0 Å². The molecular weight excluding hydrogens is 250 g/mol. The highest BCUT2D eigenvalue weighted by molar-refractivity contribution is 5.34. The second kappa shape index (κ2) is 5.75. The summed E-state index contributed by atoms with van der Waals surface area (Å²) in [5.41, 5.74) is 2.95. The number of nitrogens with one attached hydrogen (secondary N) is 1. The average molecular weight is 271 g/mol. The summed E-state index contributed by atoms with van der Waals surface area (Å²) in [7, 11) is 0. The fourth-order valence-electron chi connectivity index (χ4n) is 3.02. The summed E-state index contributed by atoms with van der Waals surface area (Å²) in [5, 5.41) is 7.56. The van der Waals surface area contributed by atoms with Crippen molar-refractivity contribution >= 4 is 0 Å². The molecule has 0 bridgehead atoms. The van der Waals surface area contributed by atoms with E-state index in [0.29, 0.717) is 17.9 Å². The number of aromatic nitrogens is 2. The second-order valence-corrected chi connectivity index (χ2v) is 5.59. The maximum atomic E-state index is 4.99. The Balaban J connectivity index is 1.62. The van der Waals surface area contributed by atoms with Gasteiger partial charge in [-0.2, -0.15) is 4.98 Å². The van der Waals surface area contributed by atoms with Crippen LogP contribution in [0.1, 0.15) is 54.6 Å². The highest BCUT2D eigenvalue weighted by atomic mass is 16.5. The molecule has 1 aromatic heterocycles. The Morgan fingerprint density at radius 3 is 2.80 bits per heavy atom. The molecule has 20 heavy (non-hydrogen) atoms. The van der Waals surface area contributed by atoms with E-state index in [0.717, 1.165) is 18.8 Å². The molecule has 2 unspecified atom stereocenters. The SMILES string of the molecule is Cc1nc(CCNC2CCC(C)c3ccccc32)no1. The molecule has 4 heteroatoms. The number of hydrogen-bond donors (Lipinski definition) is 1. The molecule has 4 nitrogen and oxygen atoms in total. The van der Waals surface area contributed by atoms with Gasteiger partial charge in [-0.15, -0.1) is 0 Å². The fraction of sp³-hybridized carbons (Fsp3) is 0.500. The third-order valence-corrected chi connectivity index (χ3v) is 4.10. The van der Waals surface area contributed by atoms with Gasteiger partial charge in [-0.1, -0.05) is 36.3 Å². The van der Waals surface area contributed by atoms with E-state index in [1.54, 1.807) is 0 Å². The van der Waals surface area contributed by atoms with Crippen LogP contribution in [0, 0.1) is 6.92 Å². The monoisotopic (exact) mass is 271 g/mol. The van der Waals surface area contributed by atoms with E-state index in [9.17, 15) is 0 Å². The Labute approximate surface area is 119 Å². The third-order valence-electron chi connectivity index (χ3n) is 4.10. The third kappa shape index (κ3) is 2.75. The first kappa shape index (κ1) is 13.3. The first-order valence-corrected chi connectivity index (χ1v) is 7.35. The van der Waals surface area contributed by atoms with Crippen molar-refractivity contribution in [3.05, 3.63) is 47.1 Å². The predicted octanol–water partition coefficient (Wildman–Crippen LogP) is 3.15. The number of aryl methyl sites for hydroxylation is 1. The van der Waals surface area contributed by atoms with Gasteiger partial charge >= 0.3 is 0 Å². The molecule has 3 rings (SSSR count). The number of nitrogens with zero attached hydrogens (tertiary/aromatic N) is 2. The van der Waals surface area contributed by atoms with Crippen molar-refractivity contribution in [2.24, 2.45) is 0 Å². The zero-order valence-corrected chi connectivity index (χ0v) is 12.1. The predicted molar refractivity (Wildman–Crippen MR) is 77.6 cm³/mol. The van der Waals surface area contributed by atoms with Gasteiger partial charge in [0.15, 0.2) is 5.82 Å². The molecule has 0 amide bonds. The van der Waals surface area contributed by atoms with Crippen molar-refractivity contribution in [1.29, 1.82) is 0 Å². The van der Waals surface area contributed by atoms with Crippen LogP contribution in [0.4, 0.5) is 0 Å². The largest absolute Gasteiger partial charge is 0.340 e. The first-order valence-electron chi connectivity index (χ1n) is 7.35. The van der Waals surface area contributed by atoms with Crippen molar-refractivity contribution in [2.45, 2.75) is 45.1 Å². The van der Waals surface area contributed by atoms with Gasteiger partial charge in [-0.3, -0.25) is 0 Å². The van der Waals surface area contributed by atoms with Gasteiger partial charge in [0.1, 0.15) is 0 Å². The summed E-state index contributed by atoms with van der Waals surface area (Å²) in [4.78, 5) is 4.23. The van der Waals surface area contributed by atoms with E-state index in [4.69, 9.17) is 4.52 Å². The molecule has 1 aliphatic rings. The van der Waals surface area contributed by atoms with Crippen molar-refractivity contribution < 1.29 is 4.52 Å². The van der Waals surface area contributed by atoms with Gasteiger partial charge in [0.05, 0.1) is 0 Å². The lowest BCUT2D eigenvalue weighted by molar-refractivity contribution is 0.384. The van der Waals surface area contributed by atoms with Crippen molar-refractivity contribution in [1.82, 2.24) is 15.5 Å². The minimum absolute atomic E-state index is 0.454. The van der Waals surface area contributed by atoms with Crippen LogP contribution >= 0.6 is 0 Å². The van der Waals surface area contributed by atoms with E-state index >= 15 is 0 Å². The topological polar surface area (TPSA) is 51.0 Å². The molecule has 0 radical (unpaired) electrons. The summed E-state index contributed by atoms with van der Waals surface area (Å²) in [6.07, 6.45) is 3.25. The molecule has 1 aliphatic carbocycles. The van der Waals surface area contributed by atoms with Gasteiger partial charge in [0.2, 0.25) is 5.89 Å². The molecule has 0 spiro atoms. The molecule has 2 atom stereocenters. The van der Waals surface area contributed by atoms with Crippen LogP contribution in [0.25, 0.3) is 0 Å². The van der Waals surface area contributed by atoms with Crippen LogP contribution in [0.5, 0.6) is 0 Å². The van der Waals surface area contributed by atoms with Crippen LogP contribution in [0.2, 0.25) is 0 Å². The normalized spacial score (nSPS) is 21.7. The molecule has 1 N–H and O–H groups in total. The lowest BCUT2D eigenvalue weighted by Gasteiger charge is -2.30. The average Bonchev–Trinajstić information content (AvgIpc) is 2.87. The summed E-state index contributed by atoms with van der Waals surface area (Å²) in [5.74, 6) is 2.09. The number of hydrogen-bond acceptors (Lipinski definition) is 4. The highest BCUT2D eigenvalue weighted by Gasteiger charge is 2.23. The van der Waals surface area contributed by atoms with E-state index in [1.165, 1.54) is 24.0 Å². The molecule has 0 aliphatic heterocycles. The Morgan fingerprint density at radius 2 is 2.05 bits per heavy atom. The first-order chi connectivity index (χ1) is 9.74. The fourth-order valence-corrected chi connectivity index (χ4v) is 3.02. The molecule has 0 saturated carbocycles. The number of rotatable bonds is 4. The van der Waals surface area contributed by atoms with E-state index in [2.05, 4.69) is 46.6 Å². The smallest absolute Gasteiger partial charge is 0.223 e. The Hall–Kier alpha value is -1.68. The van der Waals surface area contributed by atoms with Crippen LogP contribution in [0.15, 0.2) is 28.8 Å². The maximum Gasteiger partial charge on any atom is 0.223 e. The molecule has 2 aromatic rings. The Bertz CT molecular complexity index is 579. The Kier molecular flexibility index (Phi) is 3.83. The summed E-state index contributed by atoms with van der Waals surface area (Å²) in [6, 6.07) is 9.24. The van der Waals surface area contributed by atoms with E-state index in [1.807, 2.05) is 6.92 Å². The van der Waals surface area contributed by atoms with E-state index < -0.39 is 0 Å². The molecule has 106 valence electrons. The Morgan fingerprint density at radius 1 is 1.25 bits per heavy atom. The minimum Gasteiger partial charge on any atom is -0.340 e. The summed E-state index contributed by atoms with van der Waals surface area (Å²) in [6.45, 7) is 5.02. The zero-order chi connectivity index (χ0) is 13.9. The standard InChI is InChI=1S/C16H21N3O/c1-11-7-8-15(14-6-4-3-5-13(11)14)17-10-9-16-18-12(2)20-19-16/h3-6,11,15,17H,7-10H2,1-2H3. The van der Waals surface area contributed by atoms with Crippen LogP contribution in [0.3, 0.4) is 0 Å². The van der Waals surface area contributed by atoms with Gasteiger partial charge in [0, 0.05) is 25.9 Å². The van der Waals surface area contributed by atoms with Gasteiger partial charge < -0.3 is 9.84 Å². The number of fused-ring (bicyclic) bond motifs is 1. The lowest BCUT2D eigenvalue weighted by Crippen LogP contribution is -2.28. The molecular formula is C16H21N3O. The van der Waals surface area contributed by atoms with E-state index in [-0.39, 0.29) is 0 Å². The van der Waals surface area contributed by atoms with Gasteiger partial charge in [0.25, 0.3) is 0 Å². The number of benzene rings is 1. The van der Waals surface area contributed by atoms with Crippen LogP contribution < -0.4 is 5.32 Å². The molecule has 0 saturated heterocycles. The van der Waals surface area contributed by atoms with Crippen LogP contribution in [-0.2, 0) is 6.42 Å². The lowest BCUT2D eigenvalue weighted by atomic mass is 9.81. The van der Waals surface area contributed by atoms with Crippen molar-refractivity contribution in [2.75, 3.05) is 6.54 Å². The summed E-state index contributed by atoms with van der Waals surface area (Å²) < 4.78 is 4.99. The minimum atomic E-state index is 0.454. The van der Waals surface area contributed by atoms with Gasteiger partial charge in [-0.05, 0) is 29.9 Å². The molecule has 0 fully saturated rings. The quantitative estimate of drug-likeness (QED) is 0.928. The molecule has 1 heterocycles. The zero-order valence-electron chi connectivity index (χ0n) is 12.1. The highest BCUT2D eigenvalue weighted by Crippen LogP contribution is 2.36. The molecule has 1 aromatic carbocycles.